The molecular formula is C10H11N7. The number of hydrazone groups is 1. The van der Waals surface area contributed by atoms with Gasteiger partial charge >= 0.3 is 0 Å². The summed E-state index contributed by atoms with van der Waals surface area (Å²) in [6.45, 7) is 0.441. The molecule has 2 aliphatic heterocycles. The standard InChI is InChI=1S/C10H11N7/c11-8-9-16-15-6-17(9)10(12,5-14-8)7-3-1-2-4-13-7/h1-5,11,15H,6,12H2. The van der Waals surface area contributed by atoms with E-state index in [9.17, 15) is 0 Å². The second kappa shape index (κ2) is 3.36. The molecule has 0 saturated heterocycles. The maximum atomic E-state index is 7.67. The number of nitrogens with two attached hydrogens (primary N) is 1. The number of pyridine rings is 1. The molecule has 7 heteroatoms. The van der Waals surface area contributed by atoms with Gasteiger partial charge in [0, 0.05) is 6.20 Å². The third-order valence-corrected chi connectivity index (χ3v) is 2.79. The fourth-order valence-electron chi connectivity index (χ4n) is 1.90. The van der Waals surface area contributed by atoms with Crippen molar-refractivity contribution in [1.82, 2.24) is 15.3 Å². The molecule has 2 aliphatic rings. The molecule has 17 heavy (non-hydrogen) atoms. The highest BCUT2D eigenvalue weighted by molar-refractivity contribution is 6.42. The number of fused-ring (bicyclic) bond motifs is 1. The molecule has 7 nitrogen and oxygen atoms in total. The maximum Gasteiger partial charge on any atom is 0.196 e. The zero-order valence-electron chi connectivity index (χ0n) is 8.96. The van der Waals surface area contributed by atoms with Crippen LogP contribution in [0.2, 0.25) is 0 Å². The molecule has 0 saturated carbocycles. The Kier molecular flexibility index (Phi) is 1.96. The zero-order valence-corrected chi connectivity index (χ0v) is 8.96. The van der Waals surface area contributed by atoms with Crippen molar-refractivity contribution in [2.45, 2.75) is 5.66 Å². The topological polar surface area (TPSA) is 103 Å². The van der Waals surface area contributed by atoms with E-state index in [1.807, 2.05) is 18.2 Å². The average molecular weight is 229 g/mol. The molecule has 1 aromatic heterocycles. The third kappa shape index (κ3) is 1.32. The number of hydrogen-bond acceptors (Lipinski definition) is 6. The Balaban J connectivity index is 2.12. The molecule has 3 rings (SSSR count). The fraction of sp³-hybridized carbons (Fsp3) is 0.200. The third-order valence-electron chi connectivity index (χ3n) is 2.79. The van der Waals surface area contributed by atoms with Gasteiger partial charge in [0.1, 0.15) is 6.67 Å². The van der Waals surface area contributed by atoms with Crippen LogP contribution in [0.5, 0.6) is 0 Å². The van der Waals surface area contributed by atoms with Crippen LogP contribution in [-0.4, -0.2) is 34.4 Å². The van der Waals surface area contributed by atoms with Crippen LogP contribution >= 0.6 is 0 Å². The first-order valence-corrected chi connectivity index (χ1v) is 5.14. The second-order valence-corrected chi connectivity index (χ2v) is 3.83. The molecule has 86 valence electrons. The quantitative estimate of drug-likeness (QED) is 0.600. The summed E-state index contributed by atoms with van der Waals surface area (Å²) in [6, 6.07) is 5.52. The summed E-state index contributed by atoms with van der Waals surface area (Å²) >= 11 is 0. The lowest BCUT2D eigenvalue weighted by Crippen LogP contribution is -2.60. The van der Waals surface area contributed by atoms with E-state index in [1.165, 1.54) is 6.21 Å². The molecular weight excluding hydrogens is 218 g/mol. The van der Waals surface area contributed by atoms with Gasteiger partial charge in [-0.05, 0) is 12.1 Å². The average Bonchev–Trinajstić information content (AvgIpc) is 2.86. The van der Waals surface area contributed by atoms with Crippen molar-refractivity contribution in [2.24, 2.45) is 15.8 Å². The highest BCUT2D eigenvalue weighted by Gasteiger charge is 2.42. The first kappa shape index (κ1) is 9.91. The van der Waals surface area contributed by atoms with Crippen molar-refractivity contribution in [3.05, 3.63) is 30.1 Å². The number of aliphatic imine (C=N–C) groups is 1. The van der Waals surface area contributed by atoms with Gasteiger partial charge in [0.2, 0.25) is 0 Å². The van der Waals surface area contributed by atoms with Crippen LogP contribution in [0.4, 0.5) is 0 Å². The van der Waals surface area contributed by atoms with Crippen molar-refractivity contribution in [3.8, 4) is 0 Å². The first-order valence-electron chi connectivity index (χ1n) is 5.14. The van der Waals surface area contributed by atoms with E-state index < -0.39 is 5.66 Å². The minimum absolute atomic E-state index is 0.104. The van der Waals surface area contributed by atoms with Crippen LogP contribution in [0.25, 0.3) is 0 Å². The smallest absolute Gasteiger partial charge is 0.196 e. The summed E-state index contributed by atoms with van der Waals surface area (Å²) in [5.74, 6) is 0.549. The number of nitrogens with zero attached hydrogens (tertiary/aromatic N) is 4. The van der Waals surface area contributed by atoms with Gasteiger partial charge in [0.05, 0.1) is 11.9 Å². The maximum absolute atomic E-state index is 7.67. The molecule has 4 N–H and O–H groups in total. The Hall–Kier alpha value is -2.28. The normalized spacial score (nSPS) is 26.5. The van der Waals surface area contributed by atoms with E-state index in [-0.39, 0.29) is 5.84 Å². The molecule has 3 heterocycles. The fourth-order valence-corrected chi connectivity index (χ4v) is 1.90. The van der Waals surface area contributed by atoms with Crippen molar-refractivity contribution >= 4 is 17.9 Å². The van der Waals surface area contributed by atoms with Gasteiger partial charge in [-0.15, -0.1) is 0 Å². The molecule has 0 bridgehead atoms. The first-order chi connectivity index (χ1) is 8.22. The Morgan fingerprint density at radius 2 is 2.35 bits per heavy atom. The number of amidine groups is 2. The van der Waals surface area contributed by atoms with Gasteiger partial charge in [0.25, 0.3) is 0 Å². The summed E-state index contributed by atoms with van der Waals surface area (Å²) in [5.41, 5.74) is 8.85. The highest BCUT2D eigenvalue weighted by atomic mass is 15.5. The number of rotatable bonds is 1. The lowest BCUT2D eigenvalue weighted by atomic mass is 10.0. The molecule has 0 spiro atoms. The summed E-state index contributed by atoms with van der Waals surface area (Å²) in [7, 11) is 0. The zero-order chi connectivity index (χ0) is 11.9. The Morgan fingerprint density at radius 3 is 3.12 bits per heavy atom. The van der Waals surface area contributed by atoms with Gasteiger partial charge in [0.15, 0.2) is 17.3 Å². The summed E-state index contributed by atoms with van der Waals surface area (Å²) in [6.07, 6.45) is 3.21. The minimum Gasteiger partial charge on any atom is -0.305 e. The van der Waals surface area contributed by atoms with Crippen LogP contribution in [-0.2, 0) is 5.66 Å². The molecule has 1 unspecified atom stereocenters. The molecule has 0 radical (unpaired) electrons. The Morgan fingerprint density at radius 1 is 1.47 bits per heavy atom. The van der Waals surface area contributed by atoms with Crippen LogP contribution in [0.3, 0.4) is 0 Å². The van der Waals surface area contributed by atoms with Gasteiger partial charge < -0.3 is 4.90 Å². The molecule has 0 aliphatic carbocycles. The predicted octanol–water partition coefficient (Wildman–Crippen LogP) is -0.569. The molecule has 0 fully saturated rings. The highest BCUT2D eigenvalue weighted by Crippen LogP contribution is 2.24. The molecule has 0 aromatic carbocycles. The van der Waals surface area contributed by atoms with Crippen molar-refractivity contribution < 1.29 is 0 Å². The van der Waals surface area contributed by atoms with E-state index in [1.54, 1.807) is 11.1 Å². The van der Waals surface area contributed by atoms with Gasteiger partial charge in [-0.2, -0.15) is 5.10 Å². The monoisotopic (exact) mass is 229 g/mol. The van der Waals surface area contributed by atoms with E-state index in [4.69, 9.17) is 11.1 Å². The Bertz CT molecular complexity index is 521. The van der Waals surface area contributed by atoms with Crippen LogP contribution in [0, 0.1) is 5.41 Å². The second-order valence-electron chi connectivity index (χ2n) is 3.83. The number of hydrogen-bond donors (Lipinski definition) is 3. The SMILES string of the molecule is N=C1N=CC(N)(c2ccccn2)N2CNN=C12. The summed E-state index contributed by atoms with van der Waals surface area (Å²) < 4.78 is 0. The lowest BCUT2D eigenvalue weighted by Gasteiger charge is -2.37. The minimum atomic E-state index is -0.950. The van der Waals surface area contributed by atoms with Crippen molar-refractivity contribution in [3.63, 3.8) is 0 Å². The summed E-state index contributed by atoms with van der Waals surface area (Å²) in [5, 5.41) is 11.7. The van der Waals surface area contributed by atoms with Crippen LogP contribution in [0.1, 0.15) is 5.69 Å². The number of aromatic nitrogens is 1. The van der Waals surface area contributed by atoms with E-state index in [0.717, 1.165) is 0 Å². The largest absolute Gasteiger partial charge is 0.305 e. The van der Waals surface area contributed by atoms with Gasteiger partial charge in [-0.25, -0.2) is 4.99 Å². The van der Waals surface area contributed by atoms with Gasteiger partial charge in [-0.3, -0.25) is 21.6 Å². The van der Waals surface area contributed by atoms with Crippen LogP contribution < -0.4 is 11.2 Å². The van der Waals surface area contributed by atoms with E-state index in [0.29, 0.717) is 18.2 Å². The lowest BCUT2D eigenvalue weighted by molar-refractivity contribution is 0.265. The molecule has 1 atom stereocenters. The molecule has 0 amide bonds. The van der Waals surface area contributed by atoms with Crippen molar-refractivity contribution in [2.75, 3.05) is 6.67 Å². The summed E-state index contributed by atoms with van der Waals surface area (Å²) in [4.78, 5) is 10.00. The van der Waals surface area contributed by atoms with Gasteiger partial charge in [-0.1, -0.05) is 6.07 Å². The van der Waals surface area contributed by atoms with E-state index in [2.05, 4.69) is 20.5 Å². The number of nitrogens with one attached hydrogen (secondary N) is 2. The van der Waals surface area contributed by atoms with Crippen LogP contribution in [0.15, 0.2) is 34.5 Å². The Labute approximate surface area is 97.6 Å². The predicted molar refractivity (Wildman–Crippen MR) is 63.6 cm³/mol. The van der Waals surface area contributed by atoms with E-state index >= 15 is 0 Å². The van der Waals surface area contributed by atoms with Crippen molar-refractivity contribution in [1.29, 1.82) is 5.41 Å². The molecule has 1 aromatic rings.